The fourth-order valence-corrected chi connectivity index (χ4v) is 2.66. The molecule has 5 heteroatoms. The molecule has 1 atom stereocenters. The molecule has 0 aliphatic rings. The first kappa shape index (κ1) is 19.6. The van der Waals surface area contributed by atoms with Crippen molar-refractivity contribution in [2.45, 2.75) is 66.6 Å². The summed E-state index contributed by atoms with van der Waals surface area (Å²) in [6, 6.07) is 0. The molecule has 0 amide bonds. The van der Waals surface area contributed by atoms with Crippen molar-refractivity contribution >= 4 is 15.8 Å². The van der Waals surface area contributed by atoms with Crippen LogP contribution in [0.2, 0.25) is 0 Å². The number of carbonyl (C=O) groups excluding carboxylic acids is 1. The summed E-state index contributed by atoms with van der Waals surface area (Å²) in [7, 11) is -3.47. The lowest BCUT2D eigenvalue weighted by molar-refractivity contribution is -0.124. The molecule has 0 saturated carbocycles. The zero-order chi connectivity index (χ0) is 16.4. The highest BCUT2D eigenvalue weighted by Gasteiger charge is 2.32. The van der Waals surface area contributed by atoms with Gasteiger partial charge in [-0.2, -0.15) is 0 Å². The monoisotopic (exact) mass is 305 g/mol. The molecule has 0 aromatic rings. The summed E-state index contributed by atoms with van der Waals surface area (Å²) in [5.41, 5.74) is 0.0491. The molecule has 0 heterocycles. The Kier molecular flexibility index (Phi) is 6.42. The van der Waals surface area contributed by atoms with Crippen molar-refractivity contribution in [1.82, 2.24) is 4.72 Å². The number of hydrogen-bond acceptors (Lipinski definition) is 3. The van der Waals surface area contributed by atoms with Crippen molar-refractivity contribution in [1.29, 1.82) is 0 Å². The molecule has 0 rings (SSSR count). The van der Waals surface area contributed by atoms with E-state index in [1.807, 2.05) is 13.8 Å². The fourth-order valence-electron chi connectivity index (χ4n) is 1.89. The third-order valence-electron chi connectivity index (χ3n) is 3.29. The Morgan fingerprint density at radius 1 is 1.05 bits per heavy atom. The van der Waals surface area contributed by atoms with E-state index in [0.717, 1.165) is 6.42 Å². The van der Waals surface area contributed by atoms with Crippen molar-refractivity contribution in [2.75, 3.05) is 6.54 Å². The Labute approximate surface area is 124 Å². The van der Waals surface area contributed by atoms with E-state index in [4.69, 9.17) is 0 Å². The average molecular weight is 305 g/mol. The highest BCUT2D eigenvalue weighted by atomic mass is 32.2. The minimum Gasteiger partial charge on any atom is -0.298 e. The highest BCUT2D eigenvalue weighted by Crippen LogP contribution is 2.29. The molecule has 0 aromatic heterocycles. The van der Waals surface area contributed by atoms with Gasteiger partial charge in [0.15, 0.2) is 5.78 Å². The Balaban J connectivity index is 4.82. The quantitative estimate of drug-likeness (QED) is 0.820. The Hall–Kier alpha value is -0.420. The van der Waals surface area contributed by atoms with Gasteiger partial charge in [-0.05, 0) is 38.5 Å². The maximum absolute atomic E-state index is 12.3. The van der Waals surface area contributed by atoms with E-state index in [1.54, 1.807) is 20.8 Å². The maximum atomic E-state index is 12.3. The first-order valence-corrected chi connectivity index (χ1v) is 8.67. The van der Waals surface area contributed by atoms with Gasteiger partial charge in [-0.3, -0.25) is 4.79 Å². The zero-order valence-corrected chi connectivity index (χ0v) is 15.0. The molecule has 0 bridgehead atoms. The Morgan fingerprint density at radius 2 is 1.50 bits per heavy atom. The van der Waals surface area contributed by atoms with Crippen molar-refractivity contribution < 1.29 is 13.2 Å². The van der Waals surface area contributed by atoms with Gasteiger partial charge in [0.2, 0.25) is 10.0 Å². The minimum absolute atomic E-state index is 0.0252. The molecule has 0 saturated heterocycles. The van der Waals surface area contributed by atoms with Crippen LogP contribution >= 0.6 is 0 Å². The van der Waals surface area contributed by atoms with Gasteiger partial charge >= 0.3 is 0 Å². The van der Waals surface area contributed by atoms with E-state index in [-0.39, 0.29) is 29.6 Å². The van der Waals surface area contributed by atoms with Gasteiger partial charge < -0.3 is 0 Å². The predicted octanol–water partition coefficient (Wildman–Crippen LogP) is 2.98. The molecule has 20 heavy (non-hydrogen) atoms. The van der Waals surface area contributed by atoms with Crippen molar-refractivity contribution in [2.24, 2.45) is 17.3 Å². The topological polar surface area (TPSA) is 63.2 Å². The molecular formula is C15H31NO3S. The molecule has 1 N–H and O–H groups in total. The molecular weight excluding hydrogens is 274 g/mol. The second-order valence-corrected chi connectivity index (χ2v) is 10.5. The van der Waals surface area contributed by atoms with Gasteiger partial charge in [0.05, 0.1) is 11.3 Å². The summed E-state index contributed by atoms with van der Waals surface area (Å²) in [4.78, 5) is 12.3. The van der Waals surface area contributed by atoms with E-state index in [1.165, 1.54) is 0 Å². The molecule has 0 spiro atoms. The summed E-state index contributed by atoms with van der Waals surface area (Å²) >= 11 is 0. The summed E-state index contributed by atoms with van der Waals surface area (Å²) in [5.74, 6) is 0.0706. The van der Waals surface area contributed by atoms with Gasteiger partial charge in [0.25, 0.3) is 0 Å². The zero-order valence-electron chi connectivity index (χ0n) is 14.2. The third-order valence-corrected chi connectivity index (χ3v) is 5.43. The first-order chi connectivity index (χ1) is 8.67. The Bertz CT molecular complexity index is 425. The van der Waals surface area contributed by atoms with Crippen LogP contribution in [0.1, 0.15) is 61.8 Å². The SMILES string of the molecule is CC(C)C(CC(C)(C)C)C(=O)CNS(=O)(=O)C(C)(C)C. The van der Waals surface area contributed by atoms with Crippen molar-refractivity contribution in [3.8, 4) is 0 Å². The molecule has 0 fully saturated rings. The normalized spacial score (nSPS) is 15.4. The second kappa shape index (κ2) is 6.56. The molecule has 0 radical (unpaired) electrons. The molecule has 4 nitrogen and oxygen atoms in total. The molecule has 0 aromatic carbocycles. The largest absolute Gasteiger partial charge is 0.298 e. The third kappa shape index (κ3) is 6.35. The van der Waals surface area contributed by atoms with Crippen LogP contribution in [0.15, 0.2) is 0 Å². The lowest BCUT2D eigenvalue weighted by atomic mass is 9.77. The number of Topliss-reactive ketones (excluding diaryl/α,β-unsaturated/α-hetero) is 1. The number of ketones is 1. The van der Waals surface area contributed by atoms with Crippen molar-refractivity contribution in [3.05, 3.63) is 0 Å². The van der Waals surface area contributed by atoms with E-state index in [9.17, 15) is 13.2 Å². The lowest BCUT2D eigenvalue weighted by Gasteiger charge is -2.28. The van der Waals surface area contributed by atoms with E-state index >= 15 is 0 Å². The molecule has 120 valence electrons. The summed E-state index contributed by atoms with van der Waals surface area (Å²) in [5, 5.41) is 0. The standard InChI is InChI=1S/C15H31NO3S/c1-11(2)12(9-14(3,4)5)13(17)10-16-20(18,19)15(6,7)8/h11-12,16H,9-10H2,1-8H3. The van der Waals surface area contributed by atoms with Crippen LogP contribution in [0.25, 0.3) is 0 Å². The van der Waals surface area contributed by atoms with Crippen LogP contribution in [0, 0.1) is 17.3 Å². The van der Waals surface area contributed by atoms with Gasteiger partial charge in [0, 0.05) is 5.92 Å². The van der Waals surface area contributed by atoms with Crippen LogP contribution < -0.4 is 4.72 Å². The van der Waals surface area contributed by atoms with E-state index < -0.39 is 14.8 Å². The van der Waals surface area contributed by atoms with Gasteiger partial charge in [-0.25, -0.2) is 13.1 Å². The summed E-state index contributed by atoms with van der Waals surface area (Å²) < 4.78 is 25.5. The van der Waals surface area contributed by atoms with Crippen LogP contribution in [0.5, 0.6) is 0 Å². The smallest absolute Gasteiger partial charge is 0.216 e. The highest BCUT2D eigenvalue weighted by molar-refractivity contribution is 7.90. The summed E-state index contributed by atoms with van der Waals surface area (Å²) in [6.45, 7) is 15.0. The molecule has 0 aliphatic carbocycles. The number of sulfonamides is 1. The van der Waals surface area contributed by atoms with Gasteiger partial charge in [-0.1, -0.05) is 34.6 Å². The van der Waals surface area contributed by atoms with E-state index in [0.29, 0.717) is 0 Å². The predicted molar refractivity (Wildman–Crippen MR) is 84.1 cm³/mol. The maximum Gasteiger partial charge on any atom is 0.216 e. The number of carbonyl (C=O) groups is 1. The fraction of sp³-hybridized carbons (Fsp3) is 0.933. The van der Waals surface area contributed by atoms with Crippen molar-refractivity contribution in [3.63, 3.8) is 0 Å². The number of rotatable bonds is 6. The average Bonchev–Trinajstić information content (AvgIpc) is 2.19. The van der Waals surface area contributed by atoms with Crippen LogP contribution in [-0.2, 0) is 14.8 Å². The lowest BCUT2D eigenvalue weighted by Crippen LogP contribution is -2.43. The number of nitrogens with one attached hydrogen (secondary N) is 1. The van der Waals surface area contributed by atoms with Crippen LogP contribution in [0.3, 0.4) is 0 Å². The second-order valence-electron chi connectivity index (χ2n) is 8.02. The summed E-state index contributed by atoms with van der Waals surface area (Å²) in [6.07, 6.45) is 0.765. The minimum atomic E-state index is -3.47. The van der Waals surface area contributed by atoms with Gasteiger partial charge in [-0.15, -0.1) is 0 Å². The van der Waals surface area contributed by atoms with Crippen LogP contribution in [0.4, 0.5) is 0 Å². The molecule has 0 aliphatic heterocycles. The number of hydrogen-bond donors (Lipinski definition) is 1. The Morgan fingerprint density at radius 3 is 1.80 bits per heavy atom. The van der Waals surface area contributed by atoms with E-state index in [2.05, 4.69) is 25.5 Å². The van der Waals surface area contributed by atoms with Gasteiger partial charge in [0.1, 0.15) is 0 Å². The van der Waals surface area contributed by atoms with Crippen LogP contribution in [-0.4, -0.2) is 25.5 Å². The molecule has 1 unspecified atom stereocenters. The first-order valence-electron chi connectivity index (χ1n) is 7.19.